The molecule has 0 atom stereocenters. The monoisotopic (exact) mass is 426 g/mol. The van der Waals surface area contributed by atoms with E-state index in [0.717, 1.165) is 51.9 Å². The van der Waals surface area contributed by atoms with Gasteiger partial charge in [0, 0.05) is 45.7 Å². The third-order valence-corrected chi connectivity index (χ3v) is 4.46. The van der Waals surface area contributed by atoms with E-state index in [2.05, 4.69) is 41.9 Å². The summed E-state index contributed by atoms with van der Waals surface area (Å²) in [7, 11) is 0. The van der Waals surface area contributed by atoms with Crippen LogP contribution in [-0.2, 0) is 4.79 Å². The first-order chi connectivity index (χ1) is 14.7. The quantitative estimate of drug-likeness (QED) is 0.140. The van der Waals surface area contributed by atoms with Gasteiger partial charge < -0.3 is 27.2 Å². The molecule has 0 aliphatic carbocycles. The van der Waals surface area contributed by atoms with Gasteiger partial charge in [-0.25, -0.2) is 0 Å². The summed E-state index contributed by atoms with van der Waals surface area (Å²) in [5, 5.41) is 14.8. The first-order valence-corrected chi connectivity index (χ1v) is 12.0. The fraction of sp³-hybridized carbons (Fsp3) is 0.792. The van der Waals surface area contributed by atoms with Crippen LogP contribution < -0.4 is 22.1 Å². The second-order valence-corrected chi connectivity index (χ2v) is 7.45. The lowest BCUT2D eigenvalue weighted by Crippen LogP contribution is -2.32. The molecule has 7 N–H and O–H groups in total. The molecule has 0 rings (SSSR count). The van der Waals surface area contributed by atoms with Gasteiger partial charge >= 0.3 is 5.97 Å². The first-order valence-electron chi connectivity index (χ1n) is 12.0. The van der Waals surface area contributed by atoms with Crippen molar-refractivity contribution in [2.24, 2.45) is 11.5 Å². The minimum Gasteiger partial charge on any atom is -0.481 e. The van der Waals surface area contributed by atoms with Crippen molar-refractivity contribution in [1.29, 1.82) is 0 Å². The van der Waals surface area contributed by atoms with Crippen LogP contribution in [0.2, 0.25) is 0 Å². The Labute approximate surface area is 185 Å². The zero-order valence-electron chi connectivity index (χ0n) is 19.5. The maximum Gasteiger partial charge on any atom is 0.303 e. The molecule has 0 aromatic rings. The fourth-order valence-electron chi connectivity index (χ4n) is 2.72. The van der Waals surface area contributed by atoms with Gasteiger partial charge in [-0.15, -0.1) is 0 Å². The first kappa shape index (κ1) is 31.0. The molecular weight excluding hydrogens is 376 g/mol. The molecule has 6 heteroatoms. The Bertz CT molecular complexity index is 379. The van der Waals surface area contributed by atoms with Crippen LogP contribution in [0, 0.1) is 0 Å². The van der Waals surface area contributed by atoms with Gasteiger partial charge in [0.05, 0.1) is 0 Å². The van der Waals surface area contributed by atoms with E-state index in [9.17, 15) is 4.79 Å². The molecule has 0 saturated heterocycles. The molecule has 0 saturated carbocycles. The number of carbonyl (C=O) groups is 1. The minimum absolute atomic E-state index is 0.324. The summed E-state index contributed by atoms with van der Waals surface area (Å²) in [6, 6.07) is 0. The lowest BCUT2D eigenvalue weighted by molar-refractivity contribution is -0.137. The van der Waals surface area contributed by atoms with Crippen LogP contribution in [-0.4, -0.2) is 50.3 Å². The third kappa shape index (κ3) is 34.3. The SMILES string of the molecule is CCCCCC=CCC=CCCCCCCCC(=O)O.NCCNCCNCCN. The van der Waals surface area contributed by atoms with Crippen molar-refractivity contribution in [1.82, 2.24) is 10.6 Å². The summed E-state index contributed by atoms with van der Waals surface area (Å²) >= 11 is 0. The molecule has 0 heterocycles. The second kappa shape index (κ2) is 30.0. The summed E-state index contributed by atoms with van der Waals surface area (Å²) < 4.78 is 0. The van der Waals surface area contributed by atoms with Crippen molar-refractivity contribution < 1.29 is 9.90 Å². The maximum atomic E-state index is 10.3. The predicted molar refractivity (Wildman–Crippen MR) is 131 cm³/mol. The molecule has 0 radical (unpaired) electrons. The van der Waals surface area contributed by atoms with Crippen LogP contribution in [0.1, 0.15) is 84.0 Å². The molecule has 0 fully saturated rings. The van der Waals surface area contributed by atoms with Gasteiger partial charge in [-0.2, -0.15) is 0 Å². The van der Waals surface area contributed by atoms with Gasteiger partial charge in [-0.1, -0.05) is 63.3 Å². The van der Waals surface area contributed by atoms with Crippen LogP contribution in [0.15, 0.2) is 24.3 Å². The topological polar surface area (TPSA) is 113 Å². The molecule has 0 aromatic heterocycles. The molecule has 0 aliphatic rings. The minimum atomic E-state index is -0.671. The number of nitrogens with two attached hydrogens (primary N) is 2. The Morgan fingerprint density at radius 1 is 0.733 bits per heavy atom. The standard InChI is InChI=1S/C18H32O2.C6H18N4/c1-2-3-4-5-6-7-8-9-10-11-12-13-14-15-16-17-18(19)20;7-1-3-9-5-6-10-4-2-8/h6-7,9-10H,2-5,8,11-17H2,1H3,(H,19,20);9-10H,1-8H2. The Kier molecular flexibility index (Phi) is 31.0. The van der Waals surface area contributed by atoms with Crippen LogP contribution in [0.4, 0.5) is 0 Å². The number of hydrogen-bond donors (Lipinski definition) is 5. The average molecular weight is 427 g/mol. The van der Waals surface area contributed by atoms with Gasteiger partial charge in [0.25, 0.3) is 0 Å². The Balaban J connectivity index is 0. The molecule has 0 spiro atoms. The summed E-state index contributed by atoms with van der Waals surface area (Å²) in [4.78, 5) is 10.3. The Morgan fingerprint density at radius 2 is 1.23 bits per heavy atom. The van der Waals surface area contributed by atoms with Crippen LogP contribution in [0.3, 0.4) is 0 Å². The van der Waals surface area contributed by atoms with Crippen LogP contribution >= 0.6 is 0 Å². The highest BCUT2D eigenvalue weighted by Gasteiger charge is 1.95. The third-order valence-electron chi connectivity index (χ3n) is 4.46. The highest BCUT2D eigenvalue weighted by Crippen LogP contribution is 2.08. The van der Waals surface area contributed by atoms with E-state index >= 15 is 0 Å². The van der Waals surface area contributed by atoms with Crippen LogP contribution in [0.25, 0.3) is 0 Å². The van der Waals surface area contributed by atoms with Crippen molar-refractivity contribution in [2.75, 3.05) is 39.3 Å². The maximum absolute atomic E-state index is 10.3. The largest absolute Gasteiger partial charge is 0.481 e. The zero-order valence-corrected chi connectivity index (χ0v) is 19.5. The normalized spacial score (nSPS) is 11.2. The number of unbranched alkanes of at least 4 members (excludes halogenated alkanes) is 8. The fourth-order valence-corrected chi connectivity index (χ4v) is 2.72. The van der Waals surface area contributed by atoms with Crippen molar-refractivity contribution in [3.8, 4) is 0 Å². The van der Waals surface area contributed by atoms with Gasteiger partial charge in [-0.3, -0.25) is 4.79 Å². The molecule has 0 amide bonds. The van der Waals surface area contributed by atoms with E-state index in [1.807, 2.05) is 0 Å². The lowest BCUT2D eigenvalue weighted by Gasteiger charge is -2.03. The number of allylic oxidation sites excluding steroid dienone is 4. The van der Waals surface area contributed by atoms with Crippen molar-refractivity contribution >= 4 is 5.97 Å². The van der Waals surface area contributed by atoms with E-state index in [1.54, 1.807) is 0 Å². The number of rotatable bonds is 21. The van der Waals surface area contributed by atoms with E-state index in [0.29, 0.717) is 19.5 Å². The van der Waals surface area contributed by atoms with Gasteiger partial charge in [-0.05, 0) is 38.5 Å². The summed E-state index contributed by atoms with van der Waals surface area (Å²) in [6.45, 7) is 7.37. The van der Waals surface area contributed by atoms with Crippen LogP contribution in [0.5, 0.6) is 0 Å². The van der Waals surface area contributed by atoms with Gasteiger partial charge in [0.1, 0.15) is 0 Å². The van der Waals surface area contributed by atoms with Crippen molar-refractivity contribution in [3.05, 3.63) is 24.3 Å². The van der Waals surface area contributed by atoms with Gasteiger partial charge in [0.2, 0.25) is 0 Å². The van der Waals surface area contributed by atoms with E-state index in [4.69, 9.17) is 16.6 Å². The molecule has 0 aliphatic heterocycles. The lowest BCUT2D eigenvalue weighted by atomic mass is 10.1. The van der Waals surface area contributed by atoms with Crippen molar-refractivity contribution in [2.45, 2.75) is 84.0 Å². The second-order valence-electron chi connectivity index (χ2n) is 7.45. The predicted octanol–water partition coefficient (Wildman–Crippen LogP) is 3.97. The summed E-state index contributed by atoms with van der Waals surface area (Å²) in [6.07, 6.45) is 22.3. The van der Waals surface area contributed by atoms with E-state index in [-0.39, 0.29) is 0 Å². The van der Waals surface area contributed by atoms with Crippen molar-refractivity contribution in [3.63, 3.8) is 0 Å². The van der Waals surface area contributed by atoms with E-state index in [1.165, 1.54) is 44.9 Å². The average Bonchev–Trinajstić information content (AvgIpc) is 2.74. The summed E-state index contributed by atoms with van der Waals surface area (Å²) in [5.74, 6) is -0.671. The smallest absolute Gasteiger partial charge is 0.303 e. The highest BCUT2D eigenvalue weighted by atomic mass is 16.4. The number of hydrogen-bond acceptors (Lipinski definition) is 5. The molecule has 0 aromatic carbocycles. The number of nitrogens with one attached hydrogen (secondary N) is 2. The highest BCUT2D eigenvalue weighted by molar-refractivity contribution is 5.66. The number of aliphatic carboxylic acids is 1. The Morgan fingerprint density at radius 3 is 1.73 bits per heavy atom. The molecule has 30 heavy (non-hydrogen) atoms. The zero-order chi connectivity index (χ0) is 22.5. The number of carboxylic acids is 1. The molecule has 178 valence electrons. The van der Waals surface area contributed by atoms with E-state index < -0.39 is 5.97 Å². The Hall–Kier alpha value is -1.21. The molecule has 6 nitrogen and oxygen atoms in total. The molecule has 0 unspecified atom stereocenters. The summed E-state index contributed by atoms with van der Waals surface area (Å²) in [5.41, 5.74) is 10.5. The molecule has 0 bridgehead atoms. The number of carboxylic acid groups (broad SMARTS) is 1. The molecular formula is C24H50N4O2. The van der Waals surface area contributed by atoms with Gasteiger partial charge in [0.15, 0.2) is 0 Å².